The minimum absolute atomic E-state index is 0. The van der Waals surface area contributed by atoms with Gasteiger partial charge in [-0.2, -0.15) is 0 Å². The largest absolute Gasteiger partial charge is 0.398 e. The average Bonchev–Trinajstić information content (AvgIpc) is 2.71. The Morgan fingerprint density at radius 1 is 1.34 bits per heavy atom. The molecule has 1 rings (SSSR count). The van der Waals surface area contributed by atoms with E-state index in [0.29, 0.717) is 18.7 Å². The van der Waals surface area contributed by atoms with Gasteiger partial charge < -0.3 is 16.5 Å². The molecule has 0 unspecified atom stereocenters. The summed E-state index contributed by atoms with van der Waals surface area (Å²) in [4.78, 5) is 14.9. The first-order valence-electron chi connectivity index (χ1n) is 10.2. The van der Waals surface area contributed by atoms with Crippen LogP contribution in [0.4, 0.5) is 5.69 Å². The van der Waals surface area contributed by atoms with E-state index in [-0.39, 0.29) is 20.7 Å². The first-order valence-corrected chi connectivity index (χ1v) is 10.2. The van der Waals surface area contributed by atoms with Crippen molar-refractivity contribution < 1.29 is 7.65 Å². The van der Waals surface area contributed by atoms with E-state index >= 15 is 0 Å². The molecule has 0 radical (unpaired) electrons. The SMILES string of the molecule is C=C/C=C(\C=C)[C@@H](C)CC(=O)NC[C@H](Cc1ccc(N)c(C=N)c1)N(CC)CC.[HH].[HH]. The van der Waals surface area contributed by atoms with Crippen molar-refractivity contribution in [2.45, 2.75) is 39.7 Å². The second kappa shape index (κ2) is 12.7. The van der Waals surface area contributed by atoms with E-state index in [9.17, 15) is 4.79 Å². The van der Waals surface area contributed by atoms with Crippen LogP contribution in [0.1, 0.15) is 41.2 Å². The Labute approximate surface area is 178 Å². The van der Waals surface area contributed by atoms with Crippen LogP contribution in [-0.2, 0) is 11.2 Å². The molecule has 5 heteroatoms. The van der Waals surface area contributed by atoms with Crippen molar-refractivity contribution >= 4 is 17.8 Å². The van der Waals surface area contributed by atoms with Crippen molar-refractivity contribution in [1.82, 2.24) is 10.2 Å². The molecule has 0 saturated carbocycles. The summed E-state index contributed by atoms with van der Waals surface area (Å²) in [5.41, 5.74) is 9.36. The van der Waals surface area contributed by atoms with E-state index in [1.165, 1.54) is 6.21 Å². The summed E-state index contributed by atoms with van der Waals surface area (Å²) in [7, 11) is 0. The molecule has 0 spiro atoms. The number of hydrogen-bond acceptors (Lipinski definition) is 4. The standard InChI is InChI=1S/C24H36N4O.2H2/c1-6-10-20(7-2)18(5)13-24(29)27-17-22(28(8-3)9-4)15-19-11-12-23(26)21(14-19)16-25;;/h6-7,10-12,14,16,18,22,25H,1-2,8-9,13,15,17,26H2,3-5H3,(H,27,29);2*1H/b20-10+,25-16?;;/t18-,22-;;/m0../s1. The summed E-state index contributed by atoms with van der Waals surface area (Å²) in [5.74, 6) is 0.119. The van der Waals surface area contributed by atoms with E-state index in [1.807, 2.05) is 31.2 Å². The number of nitrogens with two attached hydrogens (primary N) is 1. The number of anilines is 1. The zero-order chi connectivity index (χ0) is 21.8. The molecule has 0 saturated heterocycles. The molecule has 0 aliphatic rings. The third kappa shape index (κ3) is 7.70. The highest BCUT2D eigenvalue weighted by Crippen LogP contribution is 2.17. The lowest BCUT2D eigenvalue weighted by Crippen LogP contribution is -2.45. The van der Waals surface area contributed by atoms with Crippen LogP contribution < -0.4 is 11.1 Å². The molecular weight excluding hydrogens is 360 g/mol. The molecule has 162 valence electrons. The van der Waals surface area contributed by atoms with Crippen LogP contribution in [0.5, 0.6) is 0 Å². The topological polar surface area (TPSA) is 82.2 Å². The Morgan fingerprint density at radius 2 is 2.03 bits per heavy atom. The van der Waals surface area contributed by atoms with Crippen molar-refractivity contribution in [1.29, 1.82) is 5.41 Å². The molecule has 0 heterocycles. The molecule has 29 heavy (non-hydrogen) atoms. The summed E-state index contributed by atoms with van der Waals surface area (Å²) >= 11 is 0. The third-order valence-corrected chi connectivity index (χ3v) is 5.25. The summed E-state index contributed by atoms with van der Waals surface area (Å²) < 4.78 is 0. The number of likely N-dealkylation sites (N-methyl/N-ethyl adjacent to an activating group) is 1. The predicted molar refractivity (Wildman–Crippen MR) is 129 cm³/mol. The number of hydrogen-bond donors (Lipinski definition) is 3. The molecule has 5 nitrogen and oxygen atoms in total. The number of nitrogen functional groups attached to an aromatic ring is 1. The number of nitrogens with one attached hydrogen (secondary N) is 2. The molecule has 0 fully saturated rings. The van der Waals surface area contributed by atoms with E-state index in [0.717, 1.165) is 36.2 Å². The van der Waals surface area contributed by atoms with Crippen LogP contribution in [0.3, 0.4) is 0 Å². The second-order valence-corrected chi connectivity index (χ2v) is 7.20. The highest BCUT2D eigenvalue weighted by Gasteiger charge is 2.19. The first-order chi connectivity index (χ1) is 13.9. The highest BCUT2D eigenvalue weighted by molar-refractivity contribution is 5.85. The summed E-state index contributed by atoms with van der Waals surface area (Å²) in [6.45, 7) is 16.2. The molecule has 0 aliphatic carbocycles. The lowest BCUT2D eigenvalue weighted by atomic mass is 9.96. The molecule has 0 aromatic heterocycles. The molecule has 4 N–H and O–H groups in total. The fraction of sp³-hybridized carbons (Fsp3) is 0.417. The summed E-state index contributed by atoms with van der Waals surface area (Å²) in [6.07, 6.45) is 7.87. The molecule has 1 aromatic rings. The maximum absolute atomic E-state index is 12.5. The molecule has 1 amide bonds. The van der Waals surface area contributed by atoms with E-state index in [4.69, 9.17) is 11.1 Å². The van der Waals surface area contributed by atoms with E-state index in [1.54, 1.807) is 12.2 Å². The lowest BCUT2D eigenvalue weighted by molar-refractivity contribution is -0.121. The normalized spacial score (nSPS) is 13.6. The number of benzene rings is 1. The second-order valence-electron chi connectivity index (χ2n) is 7.20. The molecular formula is C24H40N4O. The maximum atomic E-state index is 12.5. The van der Waals surface area contributed by atoms with Crippen molar-refractivity contribution in [3.05, 3.63) is 66.3 Å². The smallest absolute Gasteiger partial charge is 0.220 e. The molecule has 1 aromatic carbocycles. The molecule has 2 atom stereocenters. The van der Waals surface area contributed by atoms with Gasteiger partial charge in [-0.25, -0.2) is 0 Å². The quantitative estimate of drug-likeness (QED) is 0.260. The van der Waals surface area contributed by atoms with Crippen LogP contribution >= 0.6 is 0 Å². The Bertz CT molecular complexity index is 745. The van der Waals surface area contributed by atoms with E-state index < -0.39 is 0 Å². The van der Waals surface area contributed by atoms with Gasteiger partial charge in [-0.15, -0.1) is 0 Å². The number of rotatable bonds is 13. The molecule has 0 bridgehead atoms. The third-order valence-electron chi connectivity index (χ3n) is 5.25. The Hall–Kier alpha value is -2.66. The van der Waals surface area contributed by atoms with Gasteiger partial charge >= 0.3 is 0 Å². The fourth-order valence-electron chi connectivity index (χ4n) is 3.49. The predicted octanol–water partition coefficient (Wildman–Crippen LogP) is 4.45. The summed E-state index contributed by atoms with van der Waals surface area (Å²) in [6, 6.07) is 5.98. The van der Waals surface area contributed by atoms with Gasteiger partial charge in [0, 0.05) is 39.3 Å². The minimum Gasteiger partial charge on any atom is -0.398 e. The van der Waals surface area contributed by atoms with Crippen LogP contribution in [0.25, 0.3) is 0 Å². The van der Waals surface area contributed by atoms with E-state index in [2.05, 4.69) is 37.2 Å². The number of amides is 1. The van der Waals surface area contributed by atoms with Gasteiger partial charge in [0.2, 0.25) is 5.91 Å². The van der Waals surface area contributed by atoms with Gasteiger partial charge in [0.1, 0.15) is 0 Å². The zero-order valence-corrected chi connectivity index (χ0v) is 18.1. The number of allylic oxidation sites excluding steroid dienone is 4. The van der Waals surface area contributed by atoms with Gasteiger partial charge in [-0.1, -0.05) is 58.2 Å². The molecule has 0 aliphatic heterocycles. The maximum Gasteiger partial charge on any atom is 0.220 e. The minimum atomic E-state index is 0. The zero-order valence-electron chi connectivity index (χ0n) is 18.1. The number of carbonyl (C=O) groups is 1. The summed E-state index contributed by atoms with van der Waals surface area (Å²) in [5, 5.41) is 10.6. The van der Waals surface area contributed by atoms with Gasteiger partial charge in [-0.3, -0.25) is 9.69 Å². The van der Waals surface area contributed by atoms with Gasteiger partial charge in [0.25, 0.3) is 0 Å². The van der Waals surface area contributed by atoms with Crippen molar-refractivity contribution in [2.24, 2.45) is 5.92 Å². The number of carbonyl (C=O) groups excluding carboxylic acids is 1. The number of nitrogens with zero attached hydrogens (tertiary/aromatic N) is 1. The van der Waals surface area contributed by atoms with Crippen LogP contribution in [0, 0.1) is 11.3 Å². The van der Waals surface area contributed by atoms with Gasteiger partial charge in [-0.05, 0) is 48.7 Å². The average molecular weight is 401 g/mol. The van der Waals surface area contributed by atoms with Crippen molar-refractivity contribution in [3.63, 3.8) is 0 Å². The fourth-order valence-corrected chi connectivity index (χ4v) is 3.49. The van der Waals surface area contributed by atoms with Crippen molar-refractivity contribution in [2.75, 3.05) is 25.4 Å². The van der Waals surface area contributed by atoms with Crippen LogP contribution in [-0.4, -0.2) is 42.7 Å². The van der Waals surface area contributed by atoms with Gasteiger partial charge in [0.15, 0.2) is 0 Å². The highest BCUT2D eigenvalue weighted by atomic mass is 16.1. The van der Waals surface area contributed by atoms with Crippen LogP contribution in [0.15, 0.2) is 55.2 Å². The Balaban J connectivity index is 0. The van der Waals surface area contributed by atoms with Crippen LogP contribution in [0.2, 0.25) is 0 Å². The Morgan fingerprint density at radius 3 is 2.59 bits per heavy atom. The first kappa shape index (κ1) is 24.4. The monoisotopic (exact) mass is 400 g/mol. The Kier molecular flexibility index (Phi) is 10.7. The lowest BCUT2D eigenvalue weighted by Gasteiger charge is -2.30. The van der Waals surface area contributed by atoms with Crippen molar-refractivity contribution in [3.8, 4) is 0 Å². The van der Waals surface area contributed by atoms with Gasteiger partial charge in [0.05, 0.1) is 0 Å².